The van der Waals surface area contributed by atoms with Gasteiger partial charge in [0.25, 0.3) is 0 Å². The van der Waals surface area contributed by atoms with Crippen LogP contribution in [0.3, 0.4) is 0 Å². The Morgan fingerprint density at radius 1 is 1.36 bits per heavy atom. The highest BCUT2D eigenvalue weighted by Gasteiger charge is 2.27. The van der Waals surface area contributed by atoms with Crippen LogP contribution in [-0.4, -0.2) is 47.3 Å². The Morgan fingerprint density at radius 3 is 2.68 bits per heavy atom. The van der Waals surface area contributed by atoms with E-state index in [-0.39, 0.29) is 25.0 Å². The Bertz CT molecular complexity index is 509. The van der Waals surface area contributed by atoms with Gasteiger partial charge < -0.3 is 15.3 Å². The van der Waals surface area contributed by atoms with Crippen LogP contribution in [0.4, 0.5) is 9.18 Å². The fourth-order valence-corrected chi connectivity index (χ4v) is 2.59. The number of nitrogens with zero attached hydrogens (tertiary/aromatic N) is 1. The van der Waals surface area contributed by atoms with Gasteiger partial charge in [-0.3, -0.25) is 4.79 Å². The number of halogens is 1. The average molecular weight is 308 g/mol. The highest BCUT2D eigenvalue weighted by Crippen LogP contribution is 2.14. The standard InChI is InChI=1S/C16H21FN2O3/c17-13-8-9-19(11-13)16(22)18-14(6-7-15(20)21)10-12-4-2-1-3-5-12/h1-5,13-14H,6-11H2,(H,18,22)(H,20,21). The van der Waals surface area contributed by atoms with Gasteiger partial charge in [0.15, 0.2) is 0 Å². The van der Waals surface area contributed by atoms with Crippen LogP contribution < -0.4 is 5.32 Å². The van der Waals surface area contributed by atoms with Crippen LogP contribution in [0, 0.1) is 0 Å². The van der Waals surface area contributed by atoms with Crippen molar-refractivity contribution < 1.29 is 19.1 Å². The number of carbonyl (C=O) groups is 2. The van der Waals surface area contributed by atoms with E-state index in [2.05, 4.69) is 5.32 Å². The number of alkyl halides is 1. The van der Waals surface area contributed by atoms with Gasteiger partial charge in [-0.05, 0) is 24.8 Å². The Labute approximate surface area is 129 Å². The number of nitrogens with one attached hydrogen (secondary N) is 1. The smallest absolute Gasteiger partial charge is 0.317 e. The van der Waals surface area contributed by atoms with E-state index in [4.69, 9.17) is 5.11 Å². The van der Waals surface area contributed by atoms with Crippen LogP contribution in [0.1, 0.15) is 24.8 Å². The normalized spacial score (nSPS) is 19.0. The molecule has 22 heavy (non-hydrogen) atoms. The highest BCUT2D eigenvalue weighted by atomic mass is 19.1. The number of amides is 2. The number of carboxylic acids is 1. The molecule has 2 amide bonds. The quantitative estimate of drug-likeness (QED) is 0.846. The molecule has 120 valence electrons. The molecule has 0 saturated carbocycles. The van der Waals surface area contributed by atoms with Gasteiger partial charge in [0.2, 0.25) is 0 Å². The van der Waals surface area contributed by atoms with E-state index < -0.39 is 12.1 Å². The van der Waals surface area contributed by atoms with Crippen molar-refractivity contribution in [2.24, 2.45) is 0 Å². The highest BCUT2D eigenvalue weighted by molar-refractivity contribution is 5.75. The molecule has 0 aromatic heterocycles. The molecule has 1 aromatic carbocycles. The lowest BCUT2D eigenvalue weighted by atomic mass is 10.0. The lowest BCUT2D eigenvalue weighted by Crippen LogP contribution is -2.45. The van der Waals surface area contributed by atoms with Crippen LogP contribution in [0.15, 0.2) is 30.3 Å². The van der Waals surface area contributed by atoms with Gasteiger partial charge >= 0.3 is 12.0 Å². The molecule has 1 aliphatic rings. The van der Waals surface area contributed by atoms with Gasteiger partial charge in [0, 0.05) is 19.0 Å². The largest absolute Gasteiger partial charge is 0.481 e. The predicted octanol–water partition coefficient (Wildman–Crippen LogP) is 2.22. The fraction of sp³-hybridized carbons (Fsp3) is 0.500. The molecular formula is C16H21FN2O3. The number of carbonyl (C=O) groups excluding carboxylic acids is 1. The third-order valence-electron chi connectivity index (χ3n) is 3.78. The molecule has 1 fully saturated rings. The second kappa shape index (κ2) is 7.77. The Hall–Kier alpha value is -2.11. The summed E-state index contributed by atoms with van der Waals surface area (Å²) in [5.41, 5.74) is 1.03. The zero-order valence-electron chi connectivity index (χ0n) is 12.4. The van der Waals surface area contributed by atoms with E-state index in [1.807, 2.05) is 30.3 Å². The molecule has 1 aliphatic heterocycles. The van der Waals surface area contributed by atoms with Crippen molar-refractivity contribution in [2.75, 3.05) is 13.1 Å². The summed E-state index contributed by atoms with van der Waals surface area (Å²) in [6.07, 6.45) is 0.308. The topological polar surface area (TPSA) is 69.6 Å². The summed E-state index contributed by atoms with van der Waals surface area (Å²) in [5.74, 6) is -0.891. The van der Waals surface area contributed by atoms with E-state index in [1.165, 1.54) is 4.90 Å². The van der Waals surface area contributed by atoms with Crippen LogP contribution in [0.5, 0.6) is 0 Å². The zero-order valence-corrected chi connectivity index (χ0v) is 12.4. The number of carboxylic acid groups (broad SMARTS) is 1. The average Bonchev–Trinajstić information content (AvgIpc) is 2.92. The van der Waals surface area contributed by atoms with Crippen molar-refractivity contribution >= 4 is 12.0 Å². The first kappa shape index (κ1) is 16.3. The van der Waals surface area contributed by atoms with Crippen LogP contribution in [-0.2, 0) is 11.2 Å². The Kier molecular flexibility index (Phi) is 5.75. The Balaban J connectivity index is 1.94. The van der Waals surface area contributed by atoms with E-state index in [1.54, 1.807) is 0 Å². The van der Waals surface area contributed by atoms with Crippen molar-refractivity contribution in [3.63, 3.8) is 0 Å². The lowest BCUT2D eigenvalue weighted by Gasteiger charge is -2.23. The molecule has 6 heteroatoms. The predicted molar refractivity (Wildman–Crippen MR) is 80.4 cm³/mol. The fourth-order valence-electron chi connectivity index (χ4n) is 2.59. The molecule has 0 radical (unpaired) electrons. The third-order valence-corrected chi connectivity index (χ3v) is 3.78. The van der Waals surface area contributed by atoms with Crippen LogP contribution in [0.25, 0.3) is 0 Å². The van der Waals surface area contributed by atoms with Gasteiger partial charge in [0.05, 0.1) is 6.54 Å². The van der Waals surface area contributed by atoms with Gasteiger partial charge in [-0.25, -0.2) is 9.18 Å². The van der Waals surface area contributed by atoms with Crippen LogP contribution in [0.2, 0.25) is 0 Å². The maximum atomic E-state index is 13.2. The monoisotopic (exact) mass is 308 g/mol. The minimum absolute atomic E-state index is 0.0104. The van der Waals surface area contributed by atoms with Gasteiger partial charge in [-0.15, -0.1) is 0 Å². The van der Waals surface area contributed by atoms with Gasteiger partial charge in [-0.1, -0.05) is 30.3 Å². The first-order valence-electron chi connectivity index (χ1n) is 7.50. The Morgan fingerprint density at radius 2 is 2.09 bits per heavy atom. The first-order valence-corrected chi connectivity index (χ1v) is 7.50. The van der Waals surface area contributed by atoms with E-state index in [0.29, 0.717) is 25.8 Å². The first-order chi connectivity index (χ1) is 10.5. The minimum Gasteiger partial charge on any atom is -0.481 e. The molecule has 0 bridgehead atoms. The van der Waals surface area contributed by atoms with Crippen LogP contribution >= 0.6 is 0 Å². The second-order valence-electron chi connectivity index (χ2n) is 5.60. The van der Waals surface area contributed by atoms with Crippen molar-refractivity contribution in [1.29, 1.82) is 0 Å². The number of likely N-dealkylation sites (tertiary alicyclic amines) is 1. The molecule has 2 unspecified atom stereocenters. The number of hydrogen-bond donors (Lipinski definition) is 2. The summed E-state index contributed by atoms with van der Waals surface area (Å²) in [5, 5.41) is 11.7. The van der Waals surface area contributed by atoms with E-state index >= 15 is 0 Å². The molecule has 1 heterocycles. The molecule has 2 N–H and O–H groups in total. The maximum absolute atomic E-state index is 13.2. The minimum atomic E-state index is -0.961. The summed E-state index contributed by atoms with van der Waals surface area (Å²) in [4.78, 5) is 24.4. The summed E-state index contributed by atoms with van der Waals surface area (Å²) < 4.78 is 13.2. The summed E-state index contributed by atoms with van der Waals surface area (Å²) in [6.45, 7) is 0.521. The molecule has 5 nitrogen and oxygen atoms in total. The molecule has 0 spiro atoms. The van der Waals surface area contributed by atoms with Gasteiger partial charge in [0.1, 0.15) is 6.17 Å². The van der Waals surface area contributed by atoms with Gasteiger partial charge in [-0.2, -0.15) is 0 Å². The maximum Gasteiger partial charge on any atom is 0.317 e. The van der Waals surface area contributed by atoms with Crippen molar-refractivity contribution in [1.82, 2.24) is 10.2 Å². The summed E-state index contributed by atoms with van der Waals surface area (Å²) in [6, 6.07) is 9.00. The van der Waals surface area contributed by atoms with E-state index in [9.17, 15) is 14.0 Å². The number of benzene rings is 1. The zero-order chi connectivity index (χ0) is 15.9. The molecule has 1 aromatic rings. The number of rotatable bonds is 6. The lowest BCUT2D eigenvalue weighted by molar-refractivity contribution is -0.137. The van der Waals surface area contributed by atoms with Crippen molar-refractivity contribution in [2.45, 2.75) is 37.9 Å². The van der Waals surface area contributed by atoms with Crippen molar-refractivity contribution in [3.05, 3.63) is 35.9 Å². The second-order valence-corrected chi connectivity index (χ2v) is 5.60. The molecule has 1 saturated heterocycles. The summed E-state index contributed by atoms with van der Waals surface area (Å²) in [7, 11) is 0. The molecule has 2 rings (SSSR count). The molecule has 2 atom stereocenters. The molecule has 0 aliphatic carbocycles. The number of hydrogen-bond acceptors (Lipinski definition) is 2. The molecular weight excluding hydrogens is 287 g/mol. The van der Waals surface area contributed by atoms with Crippen molar-refractivity contribution in [3.8, 4) is 0 Å². The number of urea groups is 1. The third kappa shape index (κ3) is 5.02. The number of aliphatic carboxylic acids is 1. The SMILES string of the molecule is O=C(O)CCC(Cc1ccccc1)NC(=O)N1CCC(F)C1. The van der Waals surface area contributed by atoms with E-state index in [0.717, 1.165) is 5.56 Å². The summed E-state index contributed by atoms with van der Waals surface area (Å²) >= 11 is 0.